The zero-order chi connectivity index (χ0) is 26.3. The van der Waals surface area contributed by atoms with Crippen molar-refractivity contribution in [2.24, 2.45) is 50.7 Å². The minimum absolute atomic E-state index is 0.0240. The zero-order valence-electron chi connectivity index (χ0n) is 23.9. The monoisotopic (exact) mass is 502 g/mol. The van der Waals surface area contributed by atoms with Crippen molar-refractivity contribution in [1.29, 1.82) is 0 Å². The summed E-state index contributed by atoms with van der Waals surface area (Å²) in [4.78, 5) is 11.8. The Morgan fingerprint density at radius 3 is 2.28 bits per heavy atom. The van der Waals surface area contributed by atoms with E-state index in [0.717, 1.165) is 32.1 Å². The Balaban J connectivity index is 1.35. The molecule has 0 aromatic heterocycles. The maximum absolute atomic E-state index is 12.3. The Kier molecular flexibility index (Phi) is 5.19. The summed E-state index contributed by atoms with van der Waals surface area (Å²) in [5.41, 5.74) is -0.232. The number of carbonyl (C=O) groups excluding carboxylic acids is 1. The number of fused-ring (bicyclic) bond motifs is 4. The Morgan fingerprint density at radius 2 is 1.61 bits per heavy atom. The number of hydrogen-bond donors (Lipinski definition) is 2. The molecule has 2 N–H and O–H groups in total. The van der Waals surface area contributed by atoms with Gasteiger partial charge in [0.15, 0.2) is 0 Å². The predicted molar refractivity (Wildman–Crippen MR) is 138 cm³/mol. The lowest BCUT2D eigenvalue weighted by Gasteiger charge is -2.63. The first-order valence-corrected chi connectivity index (χ1v) is 14.8. The summed E-state index contributed by atoms with van der Waals surface area (Å²) in [6, 6.07) is 0. The lowest BCUT2D eigenvalue weighted by Crippen LogP contribution is -2.59. The third-order valence-corrected chi connectivity index (χ3v) is 14.0. The summed E-state index contributed by atoms with van der Waals surface area (Å²) >= 11 is 0. The van der Waals surface area contributed by atoms with Crippen molar-refractivity contribution < 1.29 is 24.5 Å². The van der Waals surface area contributed by atoms with Crippen molar-refractivity contribution in [2.45, 2.75) is 137 Å². The molecule has 204 valence electrons. The van der Waals surface area contributed by atoms with Gasteiger partial charge in [-0.05, 0) is 111 Å². The summed E-state index contributed by atoms with van der Waals surface area (Å²) < 4.78 is 12.5. The van der Waals surface area contributed by atoms with E-state index < -0.39 is 11.7 Å². The summed E-state index contributed by atoms with van der Waals surface area (Å²) in [6.07, 6.45) is 7.83. The van der Waals surface area contributed by atoms with Crippen molar-refractivity contribution in [2.75, 3.05) is 0 Å². The molecule has 1 saturated heterocycles. The van der Waals surface area contributed by atoms with Gasteiger partial charge in [-0.15, -0.1) is 0 Å². The highest BCUT2D eigenvalue weighted by molar-refractivity contribution is 5.66. The maximum atomic E-state index is 12.3. The van der Waals surface area contributed by atoms with Crippen molar-refractivity contribution in [3.05, 3.63) is 0 Å². The molecule has 6 rings (SSSR count). The largest absolute Gasteiger partial charge is 0.457 e. The molecule has 2 spiro atoms. The molecule has 5 nitrogen and oxygen atoms in total. The number of rotatable bonds is 2. The van der Waals surface area contributed by atoms with Crippen LogP contribution >= 0.6 is 0 Å². The molecule has 5 aliphatic carbocycles. The van der Waals surface area contributed by atoms with Crippen LogP contribution < -0.4 is 0 Å². The maximum Gasteiger partial charge on any atom is 0.303 e. The first kappa shape index (κ1) is 25.6. The van der Waals surface area contributed by atoms with Crippen LogP contribution in [-0.4, -0.2) is 46.2 Å². The Bertz CT molecular complexity index is 959. The normalized spacial score (nSPS) is 56.9. The van der Waals surface area contributed by atoms with Crippen LogP contribution in [0.3, 0.4) is 0 Å². The van der Waals surface area contributed by atoms with Gasteiger partial charge in [0, 0.05) is 12.3 Å². The molecular formula is C31H50O5. The molecule has 5 heteroatoms. The molecule has 0 radical (unpaired) electrons. The van der Waals surface area contributed by atoms with Gasteiger partial charge in [0.1, 0.15) is 5.60 Å². The van der Waals surface area contributed by atoms with E-state index in [1.165, 1.54) is 26.2 Å². The molecule has 1 heterocycles. The molecule has 36 heavy (non-hydrogen) atoms. The molecule has 0 bridgehead atoms. The minimum Gasteiger partial charge on any atom is -0.457 e. The van der Waals surface area contributed by atoms with Crippen LogP contribution in [0.15, 0.2) is 0 Å². The Morgan fingerprint density at radius 1 is 0.972 bits per heavy atom. The van der Waals surface area contributed by atoms with Gasteiger partial charge in [-0.2, -0.15) is 0 Å². The van der Waals surface area contributed by atoms with Gasteiger partial charge in [-0.1, -0.05) is 34.6 Å². The van der Waals surface area contributed by atoms with E-state index in [0.29, 0.717) is 34.5 Å². The number of aliphatic hydroxyl groups excluding tert-OH is 2. The lowest BCUT2D eigenvalue weighted by molar-refractivity contribution is -0.210. The fourth-order valence-corrected chi connectivity index (χ4v) is 12.2. The topological polar surface area (TPSA) is 76.0 Å². The van der Waals surface area contributed by atoms with Gasteiger partial charge in [-0.25, -0.2) is 0 Å². The SMILES string of the molecule is CC(=O)OC(C)(C)[C@H]1C[C@@H](C)[C@H]2[C@H](O1)[C@H](O)[C@@]1(C)[C@@H]3CC[C@H]4C(C)(C)[C@@H](O)CC[C@@]45CC35CC[C@]21C. The number of aliphatic hydroxyl groups is 2. The van der Waals surface area contributed by atoms with Crippen LogP contribution in [0.5, 0.6) is 0 Å². The van der Waals surface area contributed by atoms with Gasteiger partial charge in [0.2, 0.25) is 0 Å². The van der Waals surface area contributed by atoms with E-state index in [2.05, 4.69) is 34.6 Å². The molecule has 6 aliphatic rings. The average molecular weight is 503 g/mol. The molecule has 5 saturated carbocycles. The molecule has 0 aromatic rings. The smallest absolute Gasteiger partial charge is 0.303 e. The molecular weight excluding hydrogens is 452 g/mol. The number of ether oxygens (including phenoxy) is 2. The van der Waals surface area contributed by atoms with E-state index in [9.17, 15) is 15.0 Å². The van der Waals surface area contributed by atoms with E-state index in [1.54, 1.807) is 0 Å². The van der Waals surface area contributed by atoms with Crippen LogP contribution in [-0.2, 0) is 14.3 Å². The van der Waals surface area contributed by atoms with Crippen LogP contribution in [0, 0.1) is 50.7 Å². The van der Waals surface area contributed by atoms with Crippen LogP contribution in [0.2, 0.25) is 0 Å². The second-order valence-electron chi connectivity index (χ2n) is 15.7. The standard InChI is InChI=1S/C31H50O5/c1-17-15-22(27(5,6)36-18(2)32)35-24-23(17)28(7)13-14-31-16-30(31)12-11-21(33)26(3,4)19(30)9-10-20(31)29(28,8)25(24)34/h17,19-25,33-34H,9-16H2,1-8H3/t17-,19+,20+,21+,22-,23+,24+,25+,28-,29-,30-,31?/m1/s1. The first-order valence-electron chi connectivity index (χ1n) is 14.8. The van der Waals surface area contributed by atoms with Gasteiger partial charge in [0.05, 0.1) is 24.4 Å². The van der Waals surface area contributed by atoms with Gasteiger partial charge >= 0.3 is 5.97 Å². The van der Waals surface area contributed by atoms with E-state index >= 15 is 0 Å². The van der Waals surface area contributed by atoms with Crippen LogP contribution in [0.4, 0.5) is 0 Å². The quantitative estimate of drug-likeness (QED) is 0.488. The number of esters is 1. The summed E-state index contributed by atoms with van der Waals surface area (Å²) in [6.45, 7) is 17.2. The van der Waals surface area contributed by atoms with Crippen LogP contribution in [0.1, 0.15) is 107 Å². The average Bonchev–Trinajstić information content (AvgIpc) is 3.40. The van der Waals surface area contributed by atoms with E-state index in [-0.39, 0.29) is 40.5 Å². The van der Waals surface area contributed by atoms with Crippen molar-refractivity contribution in [3.63, 3.8) is 0 Å². The van der Waals surface area contributed by atoms with Crippen molar-refractivity contribution in [1.82, 2.24) is 0 Å². The first-order chi connectivity index (χ1) is 16.6. The van der Waals surface area contributed by atoms with Crippen molar-refractivity contribution >= 4 is 5.97 Å². The van der Waals surface area contributed by atoms with Crippen LogP contribution in [0.25, 0.3) is 0 Å². The Hall–Kier alpha value is -0.650. The lowest BCUT2D eigenvalue weighted by atomic mass is 9.41. The highest BCUT2D eigenvalue weighted by atomic mass is 16.6. The highest BCUT2D eigenvalue weighted by Crippen LogP contribution is 2.89. The summed E-state index contributed by atoms with van der Waals surface area (Å²) in [7, 11) is 0. The third-order valence-electron chi connectivity index (χ3n) is 14.0. The van der Waals surface area contributed by atoms with E-state index in [4.69, 9.17) is 9.47 Å². The minimum atomic E-state index is -0.714. The number of hydrogen-bond acceptors (Lipinski definition) is 5. The highest BCUT2D eigenvalue weighted by Gasteiger charge is 2.84. The molecule has 0 amide bonds. The van der Waals surface area contributed by atoms with Gasteiger partial charge in [-0.3, -0.25) is 4.79 Å². The van der Waals surface area contributed by atoms with E-state index in [1.807, 2.05) is 13.8 Å². The van der Waals surface area contributed by atoms with Crippen molar-refractivity contribution in [3.8, 4) is 0 Å². The number of carbonyl (C=O) groups is 1. The van der Waals surface area contributed by atoms with Gasteiger partial charge in [0.25, 0.3) is 0 Å². The summed E-state index contributed by atoms with van der Waals surface area (Å²) in [5.74, 6) is 1.52. The Labute approximate surface area is 218 Å². The molecule has 1 aliphatic heterocycles. The summed E-state index contributed by atoms with van der Waals surface area (Å²) in [5, 5.41) is 23.2. The third kappa shape index (κ3) is 2.77. The second-order valence-corrected chi connectivity index (χ2v) is 15.7. The zero-order valence-corrected chi connectivity index (χ0v) is 23.9. The predicted octanol–water partition coefficient (Wildman–Crippen LogP) is 5.50. The molecule has 0 aromatic carbocycles. The second kappa shape index (κ2) is 7.30. The molecule has 6 fully saturated rings. The van der Waals surface area contributed by atoms with Gasteiger partial charge < -0.3 is 19.7 Å². The fourth-order valence-electron chi connectivity index (χ4n) is 12.2. The molecule has 1 unspecified atom stereocenters. The molecule has 12 atom stereocenters. The fraction of sp³-hybridized carbons (Fsp3) is 0.968.